The predicted octanol–water partition coefficient (Wildman–Crippen LogP) is 3.37. The second-order valence-corrected chi connectivity index (χ2v) is 5.09. The summed E-state index contributed by atoms with van der Waals surface area (Å²) >= 11 is 11.6. The number of phenols is 1. The van der Waals surface area contributed by atoms with Crippen LogP contribution in [-0.4, -0.2) is 27.9 Å². The molecule has 6 heteroatoms. The number of nitrogens with zero attached hydrogens (tertiary/aromatic N) is 2. The van der Waals surface area contributed by atoms with E-state index in [1.807, 2.05) is 6.07 Å². The van der Waals surface area contributed by atoms with Gasteiger partial charge in [0, 0.05) is 19.8 Å². The van der Waals surface area contributed by atoms with Crippen LogP contribution < -0.4 is 0 Å². The first-order chi connectivity index (χ1) is 9.47. The fourth-order valence-electron chi connectivity index (χ4n) is 1.76. The van der Waals surface area contributed by atoms with Gasteiger partial charge < -0.3 is 10.0 Å². The van der Waals surface area contributed by atoms with Crippen LogP contribution in [0.3, 0.4) is 0 Å². The van der Waals surface area contributed by atoms with Gasteiger partial charge in [-0.25, -0.2) is 4.98 Å². The highest BCUT2D eigenvalue weighted by molar-refractivity contribution is 6.41. The van der Waals surface area contributed by atoms with E-state index in [9.17, 15) is 9.90 Å². The lowest BCUT2D eigenvalue weighted by Gasteiger charge is -2.17. The number of carbonyl (C=O) groups excluding carboxylic acids is 1. The molecule has 4 nitrogen and oxygen atoms in total. The molecule has 1 aromatic heterocycles. The average Bonchev–Trinajstić information content (AvgIpc) is 2.41. The maximum Gasteiger partial charge on any atom is 0.255 e. The molecule has 1 N–H and O–H groups in total. The molecule has 0 aliphatic rings. The number of amides is 1. The van der Waals surface area contributed by atoms with Gasteiger partial charge in [0.15, 0.2) is 0 Å². The predicted molar refractivity (Wildman–Crippen MR) is 78.2 cm³/mol. The number of aromatic hydroxyl groups is 1. The van der Waals surface area contributed by atoms with Crippen LogP contribution in [0.15, 0.2) is 36.5 Å². The van der Waals surface area contributed by atoms with Crippen molar-refractivity contribution in [2.24, 2.45) is 0 Å². The normalized spacial score (nSPS) is 10.3. The van der Waals surface area contributed by atoms with E-state index in [4.69, 9.17) is 23.2 Å². The summed E-state index contributed by atoms with van der Waals surface area (Å²) < 4.78 is 0. The van der Waals surface area contributed by atoms with Crippen molar-refractivity contribution in [3.05, 3.63) is 57.8 Å². The van der Waals surface area contributed by atoms with E-state index < -0.39 is 0 Å². The second kappa shape index (κ2) is 6.11. The van der Waals surface area contributed by atoms with Crippen molar-refractivity contribution in [1.29, 1.82) is 0 Å². The first-order valence-corrected chi connectivity index (χ1v) is 6.57. The Balaban J connectivity index is 2.14. The molecule has 20 heavy (non-hydrogen) atoms. The lowest BCUT2D eigenvalue weighted by atomic mass is 10.2. The second-order valence-electron chi connectivity index (χ2n) is 4.33. The molecule has 0 saturated heterocycles. The third kappa shape index (κ3) is 3.40. The van der Waals surface area contributed by atoms with Crippen molar-refractivity contribution in [3.63, 3.8) is 0 Å². The van der Waals surface area contributed by atoms with Gasteiger partial charge in [0.1, 0.15) is 10.9 Å². The van der Waals surface area contributed by atoms with Crippen molar-refractivity contribution in [3.8, 4) is 5.75 Å². The van der Waals surface area contributed by atoms with Crippen LogP contribution in [0.25, 0.3) is 0 Å². The van der Waals surface area contributed by atoms with Crippen LogP contribution in [0.1, 0.15) is 15.9 Å². The minimum Gasteiger partial charge on any atom is -0.508 e. The zero-order valence-corrected chi connectivity index (χ0v) is 12.2. The summed E-state index contributed by atoms with van der Waals surface area (Å²) in [6.07, 6.45) is 1.38. The molecule has 0 bridgehead atoms. The molecule has 1 aromatic carbocycles. The Morgan fingerprint density at radius 3 is 2.75 bits per heavy atom. The van der Waals surface area contributed by atoms with E-state index in [-0.39, 0.29) is 21.8 Å². The Hall–Kier alpha value is -1.78. The van der Waals surface area contributed by atoms with E-state index >= 15 is 0 Å². The van der Waals surface area contributed by atoms with E-state index in [0.29, 0.717) is 12.1 Å². The monoisotopic (exact) mass is 310 g/mol. The van der Waals surface area contributed by atoms with Gasteiger partial charge >= 0.3 is 0 Å². The summed E-state index contributed by atoms with van der Waals surface area (Å²) in [6.45, 7) is 0.369. The summed E-state index contributed by atoms with van der Waals surface area (Å²) in [5.41, 5.74) is 1.19. The minimum atomic E-state index is -0.223. The summed E-state index contributed by atoms with van der Waals surface area (Å²) in [6, 6.07) is 8.23. The Morgan fingerprint density at radius 2 is 2.10 bits per heavy atom. The summed E-state index contributed by atoms with van der Waals surface area (Å²) in [4.78, 5) is 17.6. The Bertz CT molecular complexity index is 647. The van der Waals surface area contributed by atoms with Crippen LogP contribution in [-0.2, 0) is 6.54 Å². The first kappa shape index (κ1) is 14.6. The van der Waals surface area contributed by atoms with Crippen LogP contribution in [0.4, 0.5) is 0 Å². The number of benzene rings is 1. The molecule has 2 rings (SSSR count). The molecule has 0 unspecified atom stereocenters. The number of phenolic OH excluding ortho intramolecular Hbond substituents is 1. The molecule has 0 saturated carbocycles. The molecular formula is C14H12Cl2N2O2. The molecule has 2 aromatic rings. The van der Waals surface area contributed by atoms with Crippen molar-refractivity contribution < 1.29 is 9.90 Å². The topological polar surface area (TPSA) is 53.4 Å². The van der Waals surface area contributed by atoms with Crippen molar-refractivity contribution >= 4 is 29.1 Å². The number of pyridine rings is 1. The van der Waals surface area contributed by atoms with E-state index in [1.165, 1.54) is 17.2 Å². The standard InChI is InChI=1S/C14H12Cl2N2O2/c1-18(8-9-3-2-4-11(19)5-9)14(20)10-6-12(15)13(16)17-7-10/h2-7,19H,8H2,1H3. The highest BCUT2D eigenvalue weighted by atomic mass is 35.5. The lowest BCUT2D eigenvalue weighted by molar-refractivity contribution is 0.0784. The zero-order chi connectivity index (χ0) is 14.7. The molecule has 0 atom stereocenters. The number of hydrogen-bond donors (Lipinski definition) is 1. The van der Waals surface area contributed by atoms with Gasteiger partial charge in [0.25, 0.3) is 5.91 Å². The molecule has 1 heterocycles. The van der Waals surface area contributed by atoms with Crippen molar-refractivity contribution in [1.82, 2.24) is 9.88 Å². The maximum atomic E-state index is 12.2. The average molecular weight is 311 g/mol. The Morgan fingerprint density at radius 1 is 1.35 bits per heavy atom. The van der Waals surface area contributed by atoms with Gasteiger partial charge in [-0.3, -0.25) is 4.79 Å². The number of carbonyl (C=O) groups is 1. The molecule has 0 fully saturated rings. The Labute approximate surface area is 126 Å². The number of halogens is 2. The largest absolute Gasteiger partial charge is 0.508 e. The maximum absolute atomic E-state index is 12.2. The van der Waals surface area contributed by atoms with Gasteiger partial charge in [0.2, 0.25) is 0 Å². The number of rotatable bonds is 3. The summed E-state index contributed by atoms with van der Waals surface area (Å²) in [5.74, 6) is -0.0565. The van der Waals surface area contributed by atoms with Gasteiger partial charge in [-0.05, 0) is 23.8 Å². The molecule has 104 valence electrons. The molecule has 0 radical (unpaired) electrons. The molecular weight excluding hydrogens is 299 g/mol. The molecule has 0 spiro atoms. The number of aromatic nitrogens is 1. The first-order valence-electron chi connectivity index (χ1n) is 5.82. The SMILES string of the molecule is CN(Cc1cccc(O)c1)C(=O)c1cnc(Cl)c(Cl)c1. The van der Waals surface area contributed by atoms with Crippen LogP contribution in [0.2, 0.25) is 10.2 Å². The molecule has 1 amide bonds. The number of hydrogen-bond acceptors (Lipinski definition) is 3. The summed E-state index contributed by atoms with van der Waals surface area (Å²) in [7, 11) is 1.66. The van der Waals surface area contributed by atoms with Gasteiger partial charge in [-0.2, -0.15) is 0 Å². The third-order valence-corrected chi connectivity index (χ3v) is 3.41. The lowest BCUT2D eigenvalue weighted by Crippen LogP contribution is -2.26. The molecule has 0 aliphatic heterocycles. The third-order valence-electron chi connectivity index (χ3n) is 2.72. The smallest absolute Gasteiger partial charge is 0.255 e. The highest BCUT2D eigenvalue weighted by Gasteiger charge is 2.14. The van der Waals surface area contributed by atoms with Crippen molar-refractivity contribution in [2.45, 2.75) is 6.54 Å². The van der Waals surface area contributed by atoms with Crippen LogP contribution in [0, 0.1) is 0 Å². The van der Waals surface area contributed by atoms with E-state index in [0.717, 1.165) is 5.56 Å². The molecule has 0 aliphatic carbocycles. The minimum absolute atomic E-state index is 0.166. The fraction of sp³-hybridized carbons (Fsp3) is 0.143. The zero-order valence-electron chi connectivity index (χ0n) is 10.7. The van der Waals surface area contributed by atoms with Crippen LogP contribution in [0.5, 0.6) is 5.75 Å². The highest BCUT2D eigenvalue weighted by Crippen LogP contribution is 2.21. The van der Waals surface area contributed by atoms with Gasteiger partial charge in [-0.15, -0.1) is 0 Å². The van der Waals surface area contributed by atoms with Gasteiger partial charge in [-0.1, -0.05) is 35.3 Å². The Kier molecular flexibility index (Phi) is 4.47. The summed E-state index contributed by atoms with van der Waals surface area (Å²) in [5, 5.41) is 9.81. The quantitative estimate of drug-likeness (QED) is 0.884. The van der Waals surface area contributed by atoms with E-state index in [1.54, 1.807) is 25.2 Å². The van der Waals surface area contributed by atoms with Crippen LogP contribution >= 0.6 is 23.2 Å². The van der Waals surface area contributed by atoms with Gasteiger partial charge in [0.05, 0.1) is 10.6 Å². The van der Waals surface area contributed by atoms with Crippen molar-refractivity contribution in [2.75, 3.05) is 7.05 Å². The van der Waals surface area contributed by atoms with E-state index in [2.05, 4.69) is 4.98 Å². The fourth-order valence-corrected chi connectivity index (χ4v) is 2.03.